The molecule has 0 heterocycles. The van der Waals surface area contributed by atoms with Crippen LogP contribution in [0.3, 0.4) is 0 Å². The summed E-state index contributed by atoms with van der Waals surface area (Å²) >= 11 is 0. The fraction of sp³-hybridized carbons (Fsp3) is 0.692. The first-order valence-corrected chi connectivity index (χ1v) is 5.51. The van der Waals surface area contributed by atoms with Crippen molar-refractivity contribution in [2.45, 2.75) is 47.0 Å². The molecule has 0 bridgehead atoms. The predicted molar refractivity (Wildman–Crippen MR) is 59.7 cm³/mol. The molecule has 1 rings (SSSR count). The normalized spacial score (nSPS) is 21.8. The van der Waals surface area contributed by atoms with Gasteiger partial charge in [-0.3, -0.25) is 0 Å². The van der Waals surface area contributed by atoms with Gasteiger partial charge in [0.05, 0.1) is 0 Å². The van der Waals surface area contributed by atoms with Gasteiger partial charge >= 0.3 is 0 Å². The van der Waals surface area contributed by atoms with Crippen molar-refractivity contribution in [1.29, 1.82) is 0 Å². The SMILES string of the molecule is CCC(C)C(C)C1=CC=C(C)CC1. The van der Waals surface area contributed by atoms with Crippen LogP contribution in [-0.4, -0.2) is 0 Å². The number of hydrogen-bond acceptors (Lipinski definition) is 0. The average molecular weight is 178 g/mol. The second-order valence-corrected chi connectivity index (χ2v) is 4.43. The van der Waals surface area contributed by atoms with Gasteiger partial charge in [0.25, 0.3) is 0 Å². The van der Waals surface area contributed by atoms with Gasteiger partial charge in [0.2, 0.25) is 0 Å². The second-order valence-electron chi connectivity index (χ2n) is 4.43. The van der Waals surface area contributed by atoms with Gasteiger partial charge in [-0.05, 0) is 31.6 Å². The molecule has 0 amide bonds. The molecular weight excluding hydrogens is 156 g/mol. The Kier molecular flexibility index (Phi) is 3.77. The monoisotopic (exact) mass is 178 g/mol. The van der Waals surface area contributed by atoms with Crippen LogP contribution < -0.4 is 0 Å². The van der Waals surface area contributed by atoms with E-state index >= 15 is 0 Å². The second kappa shape index (κ2) is 4.64. The summed E-state index contributed by atoms with van der Waals surface area (Å²) in [5.41, 5.74) is 3.18. The van der Waals surface area contributed by atoms with Crippen LogP contribution in [0, 0.1) is 11.8 Å². The van der Waals surface area contributed by atoms with E-state index in [2.05, 4.69) is 39.8 Å². The van der Waals surface area contributed by atoms with Crippen molar-refractivity contribution in [2.24, 2.45) is 11.8 Å². The summed E-state index contributed by atoms with van der Waals surface area (Å²) in [6, 6.07) is 0. The summed E-state index contributed by atoms with van der Waals surface area (Å²) in [5, 5.41) is 0. The highest BCUT2D eigenvalue weighted by molar-refractivity contribution is 5.24. The third-order valence-electron chi connectivity index (χ3n) is 3.47. The van der Waals surface area contributed by atoms with Crippen molar-refractivity contribution < 1.29 is 0 Å². The van der Waals surface area contributed by atoms with Crippen LogP contribution in [0.25, 0.3) is 0 Å². The summed E-state index contributed by atoms with van der Waals surface area (Å²) in [5.74, 6) is 1.60. The zero-order chi connectivity index (χ0) is 9.84. The average Bonchev–Trinajstić information content (AvgIpc) is 2.17. The molecule has 0 N–H and O–H groups in total. The Labute approximate surface area is 82.7 Å². The molecule has 74 valence electrons. The number of rotatable bonds is 3. The Morgan fingerprint density at radius 3 is 2.38 bits per heavy atom. The van der Waals surface area contributed by atoms with Crippen molar-refractivity contribution >= 4 is 0 Å². The lowest BCUT2D eigenvalue weighted by atomic mass is 9.82. The molecule has 0 radical (unpaired) electrons. The molecule has 0 aromatic carbocycles. The van der Waals surface area contributed by atoms with Gasteiger partial charge in [-0.25, -0.2) is 0 Å². The van der Waals surface area contributed by atoms with E-state index in [9.17, 15) is 0 Å². The van der Waals surface area contributed by atoms with E-state index in [4.69, 9.17) is 0 Å². The van der Waals surface area contributed by atoms with E-state index in [-0.39, 0.29) is 0 Å². The minimum atomic E-state index is 0.773. The smallest absolute Gasteiger partial charge is 0.0203 e. The molecule has 2 atom stereocenters. The molecule has 0 aliphatic heterocycles. The lowest BCUT2D eigenvalue weighted by Crippen LogP contribution is -2.11. The number of hydrogen-bond donors (Lipinski definition) is 0. The first-order valence-electron chi connectivity index (χ1n) is 5.51. The van der Waals surface area contributed by atoms with Crippen LogP contribution >= 0.6 is 0 Å². The summed E-state index contributed by atoms with van der Waals surface area (Å²) < 4.78 is 0. The largest absolute Gasteiger partial charge is 0.0730 e. The third kappa shape index (κ3) is 2.72. The highest BCUT2D eigenvalue weighted by Gasteiger charge is 2.15. The molecule has 0 saturated heterocycles. The Hall–Kier alpha value is -0.520. The molecule has 1 aliphatic carbocycles. The Morgan fingerprint density at radius 2 is 1.92 bits per heavy atom. The fourth-order valence-corrected chi connectivity index (χ4v) is 1.86. The van der Waals surface area contributed by atoms with E-state index in [1.54, 1.807) is 5.57 Å². The molecule has 1 aliphatic rings. The van der Waals surface area contributed by atoms with Gasteiger partial charge in [0.15, 0.2) is 0 Å². The first kappa shape index (κ1) is 10.6. The van der Waals surface area contributed by atoms with Gasteiger partial charge < -0.3 is 0 Å². The van der Waals surface area contributed by atoms with Gasteiger partial charge in [0, 0.05) is 0 Å². The first-order chi connectivity index (χ1) is 6.15. The summed E-state index contributed by atoms with van der Waals surface area (Å²) in [6.45, 7) is 9.23. The van der Waals surface area contributed by atoms with Gasteiger partial charge in [-0.15, -0.1) is 0 Å². The van der Waals surface area contributed by atoms with Crippen molar-refractivity contribution in [3.8, 4) is 0 Å². The van der Waals surface area contributed by atoms with E-state index in [0.29, 0.717) is 0 Å². The quantitative estimate of drug-likeness (QED) is 0.603. The zero-order valence-electron chi connectivity index (χ0n) is 9.43. The molecule has 2 unspecified atom stereocenters. The summed E-state index contributed by atoms with van der Waals surface area (Å²) in [4.78, 5) is 0. The molecule has 0 aromatic rings. The minimum absolute atomic E-state index is 0.773. The maximum absolute atomic E-state index is 2.37. The van der Waals surface area contributed by atoms with Crippen molar-refractivity contribution in [3.63, 3.8) is 0 Å². The van der Waals surface area contributed by atoms with Crippen LogP contribution in [0.4, 0.5) is 0 Å². The molecule has 0 heteroatoms. The van der Waals surface area contributed by atoms with E-state index in [1.807, 2.05) is 0 Å². The molecule has 0 saturated carbocycles. The zero-order valence-corrected chi connectivity index (χ0v) is 9.43. The van der Waals surface area contributed by atoms with E-state index in [0.717, 1.165) is 11.8 Å². The molecule has 0 fully saturated rings. The van der Waals surface area contributed by atoms with E-state index in [1.165, 1.54) is 24.8 Å². The Bertz CT molecular complexity index is 220. The maximum Gasteiger partial charge on any atom is -0.0203 e. The lowest BCUT2D eigenvalue weighted by Gasteiger charge is -2.23. The summed E-state index contributed by atoms with van der Waals surface area (Å²) in [6.07, 6.45) is 8.48. The van der Waals surface area contributed by atoms with Crippen molar-refractivity contribution in [1.82, 2.24) is 0 Å². The molecular formula is C13H22. The Balaban J connectivity index is 2.62. The van der Waals surface area contributed by atoms with Crippen LogP contribution in [0.2, 0.25) is 0 Å². The van der Waals surface area contributed by atoms with Gasteiger partial charge in [-0.2, -0.15) is 0 Å². The maximum atomic E-state index is 2.37. The van der Waals surface area contributed by atoms with Crippen molar-refractivity contribution in [2.75, 3.05) is 0 Å². The predicted octanol–water partition coefficient (Wildman–Crippen LogP) is 4.34. The highest BCUT2D eigenvalue weighted by Crippen LogP contribution is 2.29. The van der Waals surface area contributed by atoms with Crippen LogP contribution in [-0.2, 0) is 0 Å². The minimum Gasteiger partial charge on any atom is -0.0730 e. The van der Waals surface area contributed by atoms with Gasteiger partial charge in [0.1, 0.15) is 0 Å². The fourth-order valence-electron chi connectivity index (χ4n) is 1.86. The topological polar surface area (TPSA) is 0 Å². The number of allylic oxidation sites excluding steroid dienone is 4. The lowest BCUT2D eigenvalue weighted by molar-refractivity contribution is 0.416. The van der Waals surface area contributed by atoms with Gasteiger partial charge in [-0.1, -0.05) is 50.5 Å². The standard InChI is InChI=1S/C13H22/c1-5-11(3)12(4)13-8-6-10(2)7-9-13/h6,8,11-12H,5,7,9H2,1-4H3. The van der Waals surface area contributed by atoms with Crippen LogP contribution in [0.5, 0.6) is 0 Å². The van der Waals surface area contributed by atoms with E-state index < -0.39 is 0 Å². The molecule has 0 aromatic heterocycles. The van der Waals surface area contributed by atoms with Crippen LogP contribution in [0.1, 0.15) is 47.0 Å². The highest BCUT2D eigenvalue weighted by atomic mass is 14.2. The van der Waals surface area contributed by atoms with Crippen molar-refractivity contribution in [3.05, 3.63) is 23.3 Å². The van der Waals surface area contributed by atoms with Crippen LogP contribution in [0.15, 0.2) is 23.3 Å². The molecule has 0 spiro atoms. The Morgan fingerprint density at radius 1 is 1.23 bits per heavy atom. The third-order valence-corrected chi connectivity index (χ3v) is 3.47. The molecule has 13 heavy (non-hydrogen) atoms. The molecule has 0 nitrogen and oxygen atoms in total. The summed E-state index contributed by atoms with van der Waals surface area (Å²) in [7, 11) is 0.